The summed E-state index contributed by atoms with van der Waals surface area (Å²) in [5, 5.41) is 0. The van der Waals surface area contributed by atoms with Gasteiger partial charge in [0.25, 0.3) is 0 Å². The second-order valence-electron chi connectivity index (χ2n) is 3.84. The second-order valence-corrected chi connectivity index (χ2v) is 3.84. The fourth-order valence-corrected chi connectivity index (χ4v) is 1.43. The van der Waals surface area contributed by atoms with Crippen molar-refractivity contribution in [2.24, 2.45) is 0 Å². The van der Waals surface area contributed by atoms with E-state index in [1.54, 1.807) is 6.92 Å². The molecule has 1 aliphatic heterocycles. The first-order valence-corrected chi connectivity index (χ1v) is 5.05. The Bertz CT molecular complexity index is 323. The van der Waals surface area contributed by atoms with Gasteiger partial charge in [-0.1, -0.05) is 6.92 Å². The lowest BCUT2D eigenvalue weighted by Gasteiger charge is -2.35. The molecule has 0 spiro atoms. The van der Waals surface area contributed by atoms with Crippen molar-refractivity contribution in [3.05, 3.63) is 12.4 Å². The van der Waals surface area contributed by atoms with Crippen LogP contribution < -0.4 is 0 Å². The van der Waals surface area contributed by atoms with Gasteiger partial charge >= 0.3 is 18.1 Å². The molecule has 106 valence electrons. The summed E-state index contributed by atoms with van der Waals surface area (Å²) in [6.07, 6.45) is -4.15. The third-order valence-corrected chi connectivity index (χ3v) is 2.40. The highest BCUT2D eigenvalue weighted by molar-refractivity contribution is 5.00. The van der Waals surface area contributed by atoms with Crippen LogP contribution in [0.15, 0.2) is 12.4 Å². The van der Waals surface area contributed by atoms with Crippen LogP contribution in [0.3, 0.4) is 0 Å². The molecule has 0 amide bonds. The van der Waals surface area contributed by atoms with Crippen LogP contribution in [0.4, 0.5) is 30.7 Å². The molecular weight excluding hydrogens is 269 g/mol. The first kappa shape index (κ1) is 14.9. The summed E-state index contributed by atoms with van der Waals surface area (Å²) in [7, 11) is 0. The summed E-state index contributed by atoms with van der Waals surface area (Å²) in [6, 6.07) is -5.32. The molecule has 0 unspecified atom stereocenters. The molecule has 0 N–H and O–H groups in total. The van der Waals surface area contributed by atoms with Crippen molar-refractivity contribution in [1.82, 2.24) is 9.80 Å². The Labute approximate surface area is 98.6 Å². The van der Waals surface area contributed by atoms with Crippen LogP contribution >= 0.6 is 0 Å². The molecule has 1 heterocycles. The van der Waals surface area contributed by atoms with Crippen LogP contribution in [-0.4, -0.2) is 41.2 Å². The summed E-state index contributed by atoms with van der Waals surface area (Å²) >= 11 is 0. The quantitative estimate of drug-likeness (QED) is 0.576. The average molecular weight is 280 g/mol. The minimum absolute atomic E-state index is 0.292. The van der Waals surface area contributed by atoms with Crippen molar-refractivity contribution < 1.29 is 30.7 Å². The van der Waals surface area contributed by atoms with Crippen molar-refractivity contribution in [3.8, 4) is 0 Å². The third kappa shape index (κ3) is 2.35. The average Bonchev–Trinajstić information content (AvgIpc) is 2.65. The predicted octanol–water partition coefficient (Wildman–Crippen LogP) is 3.23. The Hall–Kier alpha value is -1.15. The second kappa shape index (κ2) is 4.51. The maximum absolute atomic E-state index is 13.2. The number of hydrogen-bond acceptors (Lipinski definition) is 2. The van der Waals surface area contributed by atoms with Gasteiger partial charge in [-0.2, -0.15) is 30.7 Å². The molecule has 0 radical (unpaired) electrons. The fraction of sp³-hybridized carbons (Fsp3) is 0.778. The zero-order valence-corrected chi connectivity index (χ0v) is 9.32. The molecule has 0 aliphatic carbocycles. The van der Waals surface area contributed by atoms with Crippen LogP contribution in [0.5, 0.6) is 0 Å². The molecule has 9 heteroatoms. The van der Waals surface area contributed by atoms with Crippen molar-refractivity contribution >= 4 is 0 Å². The van der Waals surface area contributed by atoms with E-state index in [0.717, 1.165) is 6.20 Å². The monoisotopic (exact) mass is 280 g/mol. The van der Waals surface area contributed by atoms with Gasteiger partial charge in [0.1, 0.15) is 0 Å². The van der Waals surface area contributed by atoms with Gasteiger partial charge in [0, 0.05) is 18.9 Å². The standard InChI is InChI=1S/C9H11F7N2/c1-2-3-17-4-5-18(6-17)9(15,16)7(10,11)8(12,13)14/h4-5H,2-3,6H2,1H3. The molecule has 1 rings (SSSR count). The molecule has 0 atom stereocenters. The molecule has 0 aromatic carbocycles. The van der Waals surface area contributed by atoms with Crippen LogP contribution in [0.2, 0.25) is 0 Å². The number of nitrogens with zero attached hydrogens (tertiary/aromatic N) is 2. The normalized spacial score (nSPS) is 17.8. The Kier molecular flexibility index (Phi) is 3.73. The molecule has 0 saturated heterocycles. The van der Waals surface area contributed by atoms with Gasteiger partial charge in [0.2, 0.25) is 0 Å². The Morgan fingerprint density at radius 1 is 1.00 bits per heavy atom. The molecule has 0 bridgehead atoms. The molecule has 0 fully saturated rings. The topological polar surface area (TPSA) is 6.48 Å². The number of alkyl halides is 7. The van der Waals surface area contributed by atoms with E-state index >= 15 is 0 Å². The van der Waals surface area contributed by atoms with Crippen molar-refractivity contribution in [3.63, 3.8) is 0 Å². The lowest BCUT2D eigenvalue weighted by molar-refractivity contribution is -0.384. The van der Waals surface area contributed by atoms with Gasteiger partial charge in [-0.15, -0.1) is 0 Å². The van der Waals surface area contributed by atoms with E-state index in [1.165, 1.54) is 4.90 Å². The highest BCUT2D eigenvalue weighted by atomic mass is 19.4. The minimum atomic E-state index is -6.30. The van der Waals surface area contributed by atoms with E-state index < -0.39 is 24.8 Å². The molecule has 0 aromatic heterocycles. The first-order valence-electron chi connectivity index (χ1n) is 5.05. The fourth-order valence-electron chi connectivity index (χ4n) is 1.43. The van der Waals surface area contributed by atoms with Gasteiger partial charge in [-0.3, -0.25) is 4.90 Å². The summed E-state index contributed by atoms with van der Waals surface area (Å²) in [5.41, 5.74) is 0. The lowest BCUT2D eigenvalue weighted by atomic mass is 10.2. The molecule has 2 nitrogen and oxygen atoms in total. The number of rotatable bonds is 4. The van der Waals surface area contributed by atoms with E-state index in [-0.39, 0.29) is 4.90 Å². The summed E-state index contributed by atoms with van der Waals surface area (Å²) in [6.45, 7) is 1.31. The molecule has 0 saturated carbocycles. The maximum atomic E-state index is 13.2. The van der Waals surface area contributed by atoms with Gasteiger partial charge < -0.3 is 4.90 Å². The predicted molar refractivity (Wildman–Crippen MR) is 48.8 cm³/mol. The Morgan fingerprint density at radius 2 is 1.56 bits per heavy atom. The summed E-state index contributed by atoms with van der Waals surface area (Å²) in [4.78, 5) is 0.913. The van der Waals surface area contributed by atoms with Crippen LogP contribution in [-0.2, 0) is 0 Å². The van der Waals surface area contributed by atoms with Gasteiger partial charge in [0.15, 0.2) is 0 Å². The zero-order chi connectivity index (χ0) is 14.2. The van der Waals surface area contributed by atoms with Crippen LogP contribution in [0.25, 0.3) is 0 Å². The molecular formula is C9H11F7N2. The third-order valence-electron chi connectivity index (χ3n) is 2.40. The van der Waals surface area contributed by atoms with E-state index in [0.29, 0.717) is 19.2 Å². The van der Waals surface area contributed by atoms with Gasteiger partial charge in [0.05, 0.1) is 6.67 Å². The highest BCUT2D eigenvalue weighted by Crippen LogP contribution is 2.48. The Balaban J connectivity index is 2.86. The lowest BCUT2D eigenvalue weighted by Crippen LogP contribution is -2.59. The zero-order valence-electron chi connectivity index (χ0n) is 9.32. The van der Waals surface area contributed by atoms with Crippen molar-refractivity contribution in [2.45, 2.75) is 31.5 Å². The van der Waals surface area contributed by atoms with E-state index in [9.17, 15) is 30.7 Å². The number of hydrogen-bond donors (Lipinski definition) is 0. The van der Waals surface area contributed by atoms with E-state index in [4.69, 9.17) is 0 Å². The van der Waals surface area contributed by atoms with E-state index in [1.807, 2.05) is 0 Å². The highest BCUT2D eigenvalue weighted by Gasteiger charge is 2.75. The summed E-state index contributed by atoms with van der Waals surface area (Å²) < 4.78 is 87.6. The van der Waals surface area contributed by atoms with Gasteiger partial charge in [-0.05, 0) is 6.42 Å². The molecule has 1 aliphatic rings. The van der Waals surface area contributed by atoms with Crippen LogP contribution in [0, 0.1) is 0 Å². The number of halogens is 7. The maximum Gasteiger partial charge on any atom is 0.462 e. The van der Waals surface area contributed by atoms with Crippen molar-refractivity contribution in [1.29, 1.82) is 0 Å². The molecule has 18 heavy (non-hydrogen) atoms. The SMILES string of the molecule is CCCN1C=CN(C(F)(F)C(F)(F)C(F)(F)F)C1. The van der Waals surface area contributed by atoms with Gasteiger partial charge in [-0.25, -0.2) is 0 Å². The smallest absolute Gasteiger partial charge is 0.358 e. The van der Waals surface area contributed by atoms with Crippen molar-refractivity contribution in [2.75, 3.05) is 13.2 Å². The Morgan fingerprint density at radius 3 is 2.00 bits per heavy atom. The largest absolute Gasteiger partial charge is 0.462 e. The minimum Gasteiger partial charge on any atom is -0.358 e. The summed E-state index contributed by atoms with van der Waals surface area (Å²) in [5.74, 6) is -6.10. The van der Waals surface area contributed by atoms with E-state index in [2.05, 4.69) is 0 Å². The van der Waals surface area contributed by atoms with Crippen LogP contribution in [0.1, 0.15) is 13.3 Å². The molecule has 0 aromatic rings. The first-order chi connectivity index (χ1) is 8.04.